The molecule has 6 heteroatoms. The van der Waals surface area contributed by atoms with Crippen LogP contribution in [0.25, 0.3) is 6.08 Å². The number of aliphatic hydroxyl groups excluding tert-OH is 1. The third-order valence-corrected chi connectivity index (χ3v) is 2.88. The van der Waals surface area contributed by atoms with E-state index in [0.29, 0.717) is 5.82 Å². The fourth-order valence-electron chi connectivity index (χ4n) is 1.70. The monoisotopic (exact) mass is 234 g/mol. The van der Waals surface area contributed by atoms with Gasteiger partial charge in [-0.05, 0) is 18.9 Å². The van der Waals surface area contributed by atoms with E-state index in [2.05, 4.69) is 28.7 Å². The SMILES string of the molecule is C=Cc1ncc(C(=O)NC2CCC2O)n1N=C. The van der Waals surface area contributed by atoms with E-state index in [0.717, 1.165) is 12.8 Å². The summed E-state index contributed by atoms with van der Waals surface area (Å²) in [5.41, 5.74) is 0.286. The molecule has 2 atom stereocenters. The number of amides is 1. The van der Waals surface area contributed by atoms with E-state index < -0.39 is 6.10 Å². The molecular weight excluding hydrogens is 220 g/mol. The zero-order chi connectivity index (χ0) is 12.4. The van der Waals surface area contributed by atoms with Gasteiger partial charge >= 0.3 is 0 Å². The lowest BCUT2D eigenvalue weighted by Gasteiger charge is -2.32. The van der Waals surface area contributed by atoms with Gasteiger partial charge in [-0.15, -0.1) is 0 Å². The number of carbonyl (C=O) groups is 1. The number of nitrogens with zero attached hydrogens (tertiary/aromatic N) is 3. The molecule has 17 heavy (non-hydrogen) atoms. The van der Waals surface area contributed by atoms with E-state index in [4.69, 9.17) is 0 Å². The summed E-state index contributed by atoms with van der Waals surface area (Å²) in [6.07, 6.45) is 3.96. The minimum Gasteiger partial charge on any atom is -0.391 e. The molecule has 1 heterocycles. The van der Waals surface area contributed by atoms with Crippen molar-refractivity contribution in [1.29, 1.82) is 0 Å². The van der Waals surface area contributed by atoms with Gasteiger partial charge in [0.1, 0.15) is 5.69 Å². The predicted molar refractivity (Wildman–Crippen MR) is 63.8 cm³/mol. The average Bonchev–Trinajstić information content (AvgIpc) is 2.76. The lowest BCUT2D eigenvalue weighted by atomic mass is 9.89. The molecule has 1 aliphatic carbocycles. The Labute approximate surface area is 98.7 Å². The zero-order valence-electron chi connectivity index (χ0n) is 9.33. The summed E-state index contributed by atoms with van der Waals surface area (Å²) in [4.78, 5) is 15.9. The van der Waals surface area contributed by atoms with E-state index in [-0.39, 0.29) is 17.6 Å². The zero-order valence-corrected chi connectivity index (χ0v) is 9.33. The van der Waals surface area contributed by atoms with Crippen molar-refractivity contribution in [3.8, 4) is 0 Å². The Bertz CT molecular complexity index is 466. The van der Waals surface area contributed by atoms with Gasteiger partial charge in [-0.3, -0.25) is 4.79 Å². The van der Waals surface area contributed by atoms with Crippen LogP contribution in [-0.4, -0.2) is 39.5 Å². The number of rotatable bonds is 4. The third kappa shape index (κ3) is 1.99. The Kier molecular flexibility index (Phi) is 3.06. The minimum absolute atomic E-state index is 0.178. The highest BCUT2D eigenvalue weighted by Gasteiger charge is 2.31. The van der Waals surface area contributed by atoms with Crippen LogP contribution in [0.5, 0.6) is 0 Å². The molecule has 0 spiro atoms. The van der Waals surface area contributed by atoms with Crippen LogP contribution in [0.4, 0.5) is 0 Å². The van der Waals surface area contributed by atoms with Crippen LogP contribution in [0.3, 0.4) is 0 Å². The van der Waals surface area contributed by atoms with Crippen LogP contribution in [0.1, 0.15) is 29.2 Å². The Morgan fingerprint density at radius 3 is 2.94 bits per heavy atom. The molecule has 0 aliphatic heterocycles. The van der Waals surface area contributed by atoms with E-state index in [1.165, 1.54) is 16.9 Å². The Balaban J connectivity index is 2.16. The maximum Gasteiger partial charge on any atom is 0.271 e. The van der Waals surface area contributed by atoms with Crippen molar-refractivity contribution in [3.05, 3.63) is 24.3 Å². The summed E-state index contributed by atoms with van der Waals surface area (Å²) in [6.45, 7) is 6.95. The van der Waals surface area contributed by atoms with Crippen molar-refractivity contribution in [1.82, 2.24) is 15.0 Å². The first-order valence-electron chi connectivity index (χ1n) is 5.33. The number of hydrogen-bond acceptors (Lipinski definition) is 4. The van der Waals surface area contributed by atoms with Crippen molar-refractivity contribution in [2.45, 2.75) is 25.0 Å². The van der Waals surface area contributed by atoms with Crippen molar-refractivity contribution < 1.29 is 9.90 Å². The highest BCUT2D eigenvalue weighted by Crippen LogP contribution is 2.20. The predicted octanol–water partition coefficient (Wildman–Crippen LogP) is 0.243. The lowest BCUT2D eigenvalue weighted by molar-refractivity contribution is 0.0444. The fourth-order valence-corrected chi connectivity index (χ4v) is 1.70. The highest BCUT2D eigenvalue weighted by atomic mass is 16.3. The van der Waals surface area contributed by atoms with Crippen LogP contribution in [-0.2, 0) is 0 Å². The molecule has 2 N–H and O–H groups in total. The van der Waals surface area contributed by atoms with Crippen molar-refractivity contribution in [2.75, 3.05) is 0 Å². The summed E-state index contributed by atoms with van der Waals surface area (Å²) < 4.78 is 1.31. The van der Waals surface area contributed by atoms with Crippen LogP contribution in [0, 0.1) is 0 Å². The molecule has 1 aliphatic rings. The van der Waals surface area contributed by atoms with Gasteiger partial charge < -0.3 is 10.4 Å². The summed E-state index contributed by atoms with van der Waals surface area (Å²) in [6, 6.07) is -0.178. The second-order valence-corrected chi connectivity index (χ2v) is 3.88. The van der Waals surface area contributed by atoms with Crippen LogP contribution >= 0.6 is 0 Å². The van der Waals surface area contributed by atoms with Crippen molar-refractivity contribution >= 4 is 18.7 Å². The van der Waals surface area contributed by atoms with Crippen molar-refractivity contribution in [3.63, 3.8) is 0 Å². The molecule has 0 bridgehead atoms. The quantitative estimate of drug-likeness (QED) is 0.732. The maximum atomic E-state index is 11.9. The van der Waals surface area contributed by atoms with Gasteiger partial charge in [-0.1, -0.05) is 6.58 Å². The first-order valence-corrected chi connectivity index (χ1v) is 5.33. The number of hydrogen-bond donors (Lipinski definition) is 2. The molecule has 0 radical (unpaired) electrons. The molecule has 1 aromatic heterocycles. The molecule has 0 aromatic carbocycles. The highest BCUT2D eigenvalue weighted by molar-refractivity contribution is 5.93. The topological polar surface area (TPSA) is 79.5 Å². The molecule has 1 saturated carbocycles. The van der Waals surface area contributed by atoms with Gasteiger partial charge in [-0.25, -0.2) is 9.66 Å². The first kappa shape index (κ1) is 11.5. The lowest BCUT2D eigenvalue weighted by Crippen LogP contribution is -2.50. The summed E-state index contributed by atoms with van der Waals surface area (Å²) in [5.74, 6) is 0.140. The van der Waals surface area contributed by atoms with E-state index in [1.807, 2.05) is 0 Å². The minimum atomic E-state index is -0.453. The van der Waals surface area contributed by atoms with E-state index in [9.17, 15) is 9.90 Å². The van der Waals surface area contributed by atoms with Gasteiger partial charge in [-0.2, -0.15) is 5.10 Å². The van der Waals surface area contributed by atoms with Gasteiger partial charge in [0.15, 0.2) is 5.82 Å². The summed E-state index contributed by atoms with van der Waals surface area (Å²) >= 11 is 0. The largest absolute Gasteiger partial charge is 0.391 e. The standard InChI is InChI=1S/C11H14N4O2/c1-3-10-13-6-8(15(10)12-2)11(17)14-7-4-5-9(7)16/h3,6-7,9,16H,1-2,4-5H2,(H,14,17). The van der Waals surface area contributed by atoms with Crippen LogP contribution < -0.4 is 5.32 Å². The number of imidazole rings is 1. The number of carbonyl (C=O) groups excluding carboxylic acids is 1. The summed E-state index contributed by atoms with van der Waals surface area (Å²) in [5, 5.41) is 15.8. The Morgan fingerprint density at radius 2 is 2.47 bits per heavy atom. The molecule has 1 fully saturated rings. The first-order chi connectivity index (χ1) is 8.17. The van der Waals surface area contributed by atoms with Crippen molar-refractivity contribution in [2.24, 2.45) is 5.10 Å². The fraction of sp³-hybridized carbons (Fsp3) is 0.364. The van der Waals surface area contributed by atoms with E-state index in [1.54, 1.807) is 0 Å². The van der Waals surface area contributed by atoms with E-state index >= 15 is 0 Å². The molecule has 2 unspecified atom stereocenters. The Morgan fingerprint density at radius 1 is 1.71 bits per heavy atom. The van der Waals surface area contributed by atoms with Crippen LogP contribution in [0.2, 0.25) is 0 Å². The Hall–Kier alpha value is -1.95. The molecule has 1 aromatic rings. The second-order valence-electron chi connectivity index (χ2n) is 3.88. The molecule has 1 amide bonds. The van der Waals surface area contributed by atoms with Gasteiger partial charge in [0.2, 0.25) is 0 Å². The normalized spacial score (nSPS) is 22.6. The second kappa shape index (κ2) is 4.50. The smallest absolute Gasteiger partial charge is 0.271 e. The van der Waals surface area contributed by atoms with Crippen LogP contribution in [0.15, 0.2) is 17.9 Å². The molecule has 90 valence electrons. The maximum absolute atomic E-state index is 11.9. The molecular formula is C11H14N4O2. The van der Waals surface area contributed by atoms with Gasteiger partial charge in [0.05, 0.1) is 18.3 Å². The van der Waals surface area contributed by atoms with Gasteiger partial charge in [0, 0.05) is 6.72 Å². The molecule has 0 saturated heterocycles. The number of aliphatic hydroxyl groups is 1. The average molecular weight is 234 g/mol. The molecule has 2 rings (SSSR count). The number of aromatic nitrogens is 2. The summed E-state index contributed by atoms with van der Waals surface area (Å²) in [7, 11) is 0. The third-order valence-electron chi connectivity index (χ3n) is 2.88. The molecule has 6 nitrogen and oxygen atoms in total. The van der Waals surface area contributed by atoms with Gasteiger partial charge in [0.25, 0.3) is 5.91 Å². The number of nitrogens with one attached hydrogen (secondary N) is 1.